The monoisotopic (exact) mass is 294 g/mol. The molecule has 8 heteroatoms. The fourth-order valence-electron chi connectivity index (χ4n) is 1.52. The molecule has 0 fully saturated rings. The summed E-state index contributed by atoms with van der Waals surface area (Å²) in [5.74, 6) is -4.18. The lowest BCUT2D eigenvalue weighted by molar-refractivity contribution is 0.0593. The van der Waals surface area contributed by atoms with Crippen LogP contribution < -0.4 is 4.74 Å². The normalized spacial score (nSPS) is 10.0. The number of hydrogen-bond donors (Lipinski definition) is 0. The zero-order valence-electron chi connectivity index (χ0n) is 10.7. The first kappa shape index (κ1) is 14.5. The van der Waals surface area contributed by atoms with Gasteiger partial charge in [0.1, 0.15) is 12.0 Å². The van der Waals surface area contributed by atoms with Gasteiger partial charge in [-0.05, 0) is 12.1 Å². The van der Waals surface area contributed by atoms with E-state index in [0.29, 0.717) is 0 Å². The molecule has 0 aliphatic carbocycles. The molecule has 1 aromatic carbocycles. The van der Waals surface area contributed by atoms with E-state index < -0.39 is 34.8 Å². The zero-order valence-corrected chi connectivity index (χ0v) is 10.7. The summed E-state index contributed by atoms with van der Waals surface area (Å²) in [4.78, 5) is 29.7. The number of ether oxygens (including phenoxy) is 2. The second-order valence-electron chi connectivity index (χ2n) is 3.70. The summed E-state index contributed by atoms with van der Waals surface area (Å²) in [6.07, 6.45) is 1.20. The molecule has 108 valence electrons. The van der Waals surface area contributed by atoms with E-state index in [-0.39, 0.29) is 12.0 Å². The molecule has 0 radical (unpaired) electrons. The van der Waals surface area contributed by atoms with Gasteiger partial charge in [-0.25, -0.2) is 23.5 Å². The van der Waals surface area contributed by atoms with E-state index in [0.717, 1.165) is 31.6 Å². The van der Waals surface area contributed by atoms with Crippen LogP contribution in [0.2, 0.25) is 0 Å². The van der Waals surface area contributed by atoms with Crippen molar-refractivity contribution >= 4 is 12.3 Å². The minimum Gasteiger partial charge on any atom is -0.465 e. The van der Waals surface area contributed by atoms with Crippen LogP contribution >= 0.6 is 0 Å². The summed E-state index contributed by atoms with van der Waals surface area (Å²) in [7, 11) is 1.07. The van der Waals surface area contributed by atoms with Crippen LogP contribution in [-0.2, 0) is 4.74 Å². The Morgan fingerprint density at radius 1 is 1.24 bits per heavy atom. The average molecular weight is 294 g/mol. The molecule has 0 spiro atoms. The van der Waals surface area contributed by atoms with Crippen molar-refractivity contribution in [3.63, 3.8) is 0 Å². The van der Waals surface area contributed by atoms with Gasteiger partial charge in [-0.1, -0.05) is 6.07 Å². The van der Waals surface area contributed by atoms with Crippen molar-refractivity contribution in [2.75, 3.05) is 7.11 Å². The number of carbonyl (C=O) groups is 2. The van der Waals surface area contributed by atoms with Crippen molar-refractivity contribution in [1.29, 1.82) is 0 Å². The molecular formula is C13H8F2N2O4. The van der Waals surface area contributed by atoms with Gasteiger partial charge in [0.05, 0.1) is 7.11 Å². The molecule has 0 atom stereocenters. The summed E-state index contributed by atoms with van der Waals surface area (Å²) in [6, 6.07) is 3.09. The first-order valence-corrected chi connectivity index (χ1v) is 5.58. The van der Waals surface area contributed by atoms with Crippen molar-refractivity contribution < 1.29 is 27.8 Å². The highest BCUT2D eigenvalue weighted by molar-refractivity contribution is 5.99. The number of rotatable bonds is 4. The molecule has 0 saturated heterocycles. The maximum absolute atomic E-state index is 13.5. The highest BCUT2D eigenvalue weighted by Gasteiger charge is 2.23. The highest BCUT2D eigenvalue weighted by atomic mass is 19.1. The quantitative estimate of drug-likeness (QED) is 0.635. The van der Waals surface area contributed by atoms with Gasteiger partial charge >= 0.3 is 5.97 Å². The number of benzene rings is 1. The molecule has 0 amide bonds. The molecule has 1 heterocycles. The van der Waals surface area contributed by atoms with E-state index in [9.17, 15) is 18.4 Å². The molecule has 0 unspecified atom stereocenters. The molecule has 0 saturated carbocycles. The van der Waals surface area contributed by atoms with Gasteiger partial charge in [0.15, 0.2) is 23.5 Å². The lowest BCUT2D eigenvalue weighted by Gasteiger charge is -2.10. The molecule has 0 N–H and O–H groups in total. The third-order valence-corrected chi connectivity index (χ3v) is 2.46. The summed E-state index contributed by atoms with van der Waals surface area (Å²) in [5, 5.41) is 0. The number of aldehydes is 1. The van der Waals surface area contributed by atoms with Crippen LogP contribution in [0.15, 0.2) is 24.5 Å². The fraction of sp³-hybridized carbons (Fsp3) is 0.0769. The Morgan fingerprint density at radius 2 is 1.90 bits per heavy atom. The number of hydrogen-bond acceptors (Lipinski definition) is 6. The van der Waals surface area contributed by atoms with Crippen molar-refractivity contribution in [2.24, 2.45) is 0 Å². The number of nitrogens with zero attached hydrogens (tertiary/aromatic N) is 2. The summed E-state index contributed by atoms with van der Waals surface area (Å²) < 4.78 is 36.5. The Bertz CT molecular complexity index is 686. The number of methoxy groups -OCH3 is 1. The van der Waals surface area contributed by atoms with Crippen LogP contribution in [0.3, 0.4) is 0 Å². The van der Waals surface area contributed by atoms with Crippen molar-refractivity contribution in [3.05, 3.63) is 47.4 Å². The molecule has 21 heavy (non-hydrogen) atoms. The number of esters is 1. The van der Waals surface area contributed by atoms with Crippen LogP contribution in [0.1, 0.15) is 20.8 Å². The van der Waals surface area contributed by atoms with Gasteiger partial charge in [-0.2, -0.15) is 0 Å². The second kappa shape index (κ2) is 6.04. The Labute approximate surface area is 117 Å². The van der Waals surface area contributed by atoms with Crippen LogP contribution in [0.5, 0.6) is 11.6 Å². The topological polar surface area (TPSA) is 78.4 Å². The van der Waals surface area contributed by atoms with E-state index in [1.807, 2.05) is 0 Å². The lowest BCUT2D eigenvalue weighted by atomic mass is 10.2. The maximum Gasteiger partial charge on any atom is 0.345 e. The Kier molecular flexibility index (Phi) is 4.17. The third kappa shape index (κ3) is 2.83. The number of aromatic nitrogens is 2. The Balaban J connectivity index is 2.54. The minimum absolute atomic E-state index is 0.276. The maximum atomic E-state index is 13.5. The van der Waals surface area contributed by atoms with Crippen molar-refractivity contribution in [2.45, 2.75) is 0 Å². The van der Waals surface area contributed by atoms with Crippen molar-refractivity contribution in [1.82, 2.24) is 9.97 Å². The van der Waals surface area contributed by atoms with Gasteiger partial charge in [0, 0.05) is 0 Å². The van der Waals surface area contributed by atoms with Crippen LogP contribution in [0.4, 0.5) is 8.78 Å². The van der Waals surface area contributed by atoms with Gasteiger partial charge < -0.3 is 9.47 Å². The zero-order chi connectivity index (χ0) is 15.4. The second-order valence-corrected chi connectivity index (χ2v) is 3.70. The number of carbonyl (C=O) groups excluding carboxylic acids is 2. The highest BCUT2D eigenvalue weighted by Crippen LogP contribution is 2.29. The SMILES string of the molecule is COC(=O)c1c(C=O)ncnc1Oc1c(F)cccc1F. The first-order chi connectivity index (χ1) is 10.1. The molecule has 2 aromatic rings. The van der Waals surface area contributed by atoms with Gasteiger partial charge in [-0.15, -0.1) is 0 Å². The first-order valence-electron chi connectivity index (χ1n) is 5.58. The minimum atomic E-state index is -0.989. The molecule has 0 bridgehead atoms. The lowest BCUT2D eigenvalue weighted by Crippen LogP contribution is -2.11. The number of halogens is 2. The fourth-order valence-corrected chi connectivity index (χ4v) is 1.52. The molecule has 0 aliphatic heterocycles. The van der Waals surface area contributed by atoms with Crippen molar-refractivity contribution in [3.8, 4) is 11.6 Å². The van der Waals surface area contributed by atoms with Crippen LogP contribution in [0.25, 0.3) is 0 Å². The molecule has 6 nitrogen and oxygen atoms in total. The Morgan fingerprint density at radius 3 is 2.48 bits per heavy atom. The van der Waals surface area contributed by atoms with E-state index in [1.165, 1.54) is 0 Å². The van der Waals surface area contributed by atoms with Gasteiger partial charge in [-0.3, -0.25) is 4.79 Å². The van der Waals surface area contributed by atoms with E-state index >= 15 is 0 Å². The standard InChI is InChI=1S/C13H8F2N2O4/c1-20-13(19)10-9(5-18)16-6-17-12(10)21-11-7(14)3-2-4-8(11)15/h2-6H,1H3. The smallest absolute Gasteiger partial charge is 0.345 e. The van der Waals surface area contributed by atoms with E-state index in [1.54, 1.807) is 0 Å². The van der Waals surface area contributed by atoms with Gasteiger partial charge in [0.25, 0.3) is 0 Å². The molecule has 1 aromatic heterocycles. The molecule has 2 rings (SSSR count). The van der Waals surface area contributed by atoms with Gasteiger partial charge in [0.2, 0.25) is 11.6 Å². The van der Waals surface area contributed by atoms with E-state index in [4.69, 9.17) is 4.74 Å². The predicted octanol–water partition coefficient (Wildman–Crippen LogP) is 2.15. The molecular weight excluding hydrogens is 286 g/mol. The molecule has 0 aliphatic rings. The average Bonchev–Trinajstić information content (AvgIpc) is 2.50. The van der Waals surface area contributed by atoms with E-state index in [2.05, 4.69) is 14.7 Å². The Hall–Kier alpha value is -2.90. The van der Waals surface area contributed by atoms with Crippen LogP contribution in [0, 0.1) is 11.6 Å². The predicted molar refractivity (Wildman–Crippen MR) is 65.2 cm³/mol. The number of para-hydroxylation sites is 1. The third-order valence-electron chi connectivity index (χ3n) is 2.46. The summed E-state index contributed by atoms with van der Waals surface area (Å²) in [5.41, 5.74) is -0.735. The summed E-state index contributed by atoms with van der Waals surface area (Å²) in [6.45, 7) is 0. The largest absolute Gasteiger partial charge is 0.465 e. The summed E-state index contributed by atoms with van der Waals surface area (Å²) >= 11 is 0. The van der Waals surface area contributed by atoms with Crippen LogP contribution in [-0.4, -0.2) is 29.3 Å².